The Morgan fingerprint density at radius 1 is 1.48 bits per heavy atom. The molecule has 0 aliphatic carbocycles. The van der Waals surface area contributed by atoms with Crippen LogP contribution in [0.5, 0.6) is 0 Å². The number of halogens is 1. The van der Waals surface area contributed by atoms with Crippen LogP contribution in [0, 0.1) is 11.7 Å². The van der Waals surface area contributed by atoms with Gasteiger partial charge in [-0.25, -0.2) is 9.18 Å². The highest BCUT2D eigenvalue weighted by molar-refractivity contribution is 5.84. The highest BCUT2D eigenvalue weighted by Gasteiger charge is 2.58. The normalized spacial score (nSPS) is 26.2. The zero-order valence-corrected chi connectivity index (χ0v) is 13.1. The first kappa shape index (κ1) is 15.9. The number of amides is 1. The molecular weight excluding hydrogens is 301 g/mol. The average Bonchev–Trinajstić information content (AvgIpc) is 3.10. The molecule has 0 spiro atoms. The number of fused-ring (bicyclic) bond motifs is 1. The fourth-order valence-corrected chi connectivity index (χ4v) is 3.52. The van der Waals surface area contributed by atoms with Gasteiger partial charge in [0.2, 0.25) is 5.91 Å². The Labute approximate surface area is 134 Å². The summed E-state index contributed by atoms with van der Waals surface area (Å²) in [6.45, 7) is 1.27. The molecule has 1 aromatic carbocycles. The second-order valence-corrected chi connectivity index (χ2v) is 6.12. The van der Waals surface area contributed by atoms with E-state index in [4.69, 9.17) is 9.47 Å². The molecule has 2 heterocycles. The number of carbonyl (C=O) groups excluding carboxylic acids is 2. The predicted octanol–water partition coefficient (Wildman–Crippen LogP) is 1.55. The Morgan fingerprint density at radius 2 is 2.30 bits per heavy atom. The van der Waals surface area contributed by atoms with E-state index in [1.54, 1.807) is 17.0 Å². The molecule has 2 saturated heterocycles. The molecular formula is C17H20FNO4. The number of nitrogens with zero attached hydrogens (tertiary/aromatic N) is 1. The largest absolute Gasteiger partial charge is 0.467 e. The molecule has 0 unspecified atom stereocenters. The number of ether oxygens (including phenoxy) is 2. The second kappa shape index (κ2) is 6.28. The van der Waals surface area contributed by atoms with Gasteiger partial charge < -0.3 is 14.4 Å². The minimum atomic E-state index is -0.997. The van der Waals surface area contributed by atoms with Crippen molar-refractivity contribution >= 4 is 11.9 Å². The summed E-state index contributed by atoms with van der Waals surface area (Å²) < 4.78 is 23.7. The molecule has 0 saturated carbocycles. The molecule has 2 fully saturated rings. The standard InChI is InChI=1S/C17H20FNO4/c1-22-16(21)17-11-19(10-13(17)7-8-23-17)15(20)6-5-12-3-2-4-14(18)9-12/h2-4,9,13H,5-8,10-11H2,1H3/t13-,17+/m1/s1. The van der Waals surface area contributed by atoms with Gasteiger partial charge >= 0.3 is 5.97 Å². The van der Waals surface area contributed by atoms with Crippen molar-refractivity contribution in [3.05, 3.63) is 35.6 Å². The fraction of sp³-hybridized carbons (Fsp3) is 0.529. The van der Waals surface area contributed by atoms with E-state index >= 15 is 0 Å². The first-order valence-corrected chi connectivity index (χ1v) is 7.80. The summed E-state index contributed by atoms with van der Waals surface area (Å²) in [4.78, 5) is 26.2. The lowest BCUT2D eigenvalue weighted by Crippen LogP contribution is -2.46. The van der Waals surface area contributed by atoms with E-state index in [0.717, 1.165) is 12.0 Å². The van der Waals surface area contributed by atoms with Gasteiger partial charge in [0.1, 0.15) is 5.82 Å². The van der Waals surface area contributed by atoms with Crippen molar-refractivity contribution < 1.29 is 23.5 Å². The van der Waals surface area contributed by atoms with Gasteiger partial charge in [-0.05, 0) is 30.5 Å². The van der Waals surface area contributed by atoms with Crippen molar-refractivity contribution in [3.8, 4) is 0 Å². The quantitative estimate of drug-likeness (QED) is 0.790. The topological polar surface area (TPSA) is 55.8 Å². The third kappa shape index (κ3) is 2.95. The fourth-order valence-electron chi connectivity index (χ4n) is 3.52. The third-order valence-electron chi connectivity index (χ3n) is 4.75. The molecule has 2 atom stereocenters. The van der Waals surface area contributed by atoms with Gasteiger partial charge in [0.05, 0.1) is 13.7 Å². The van der Waals surface area contributed by atoms with Gasteiger partial charge in [-0.15, -0.1) is 0 Å². The molecule has 5 nitrogen and oxygen atoms in total. The SMILES string of the molecule is COC(=O)[C@]12CN(C(=O)CCc3cccc(F)c3)C[C@H]1CCO2. The Kier molecular flexibility index (Phi) is 4.35. The zero-order chi connectivity index (χ0) is 16.4. The number of hydrogen-bond donors (Lipinski definition) is 0. The number of methoxy groups -OCH3 is 1. The lowest BCUT2D eigenvalue weighted by Gasteiger charge is -2.24. The Morgan fingerprint density at radius 3 is 3.04 bits per heavy atom. The predicted molar refractivity (Wildman–Crippen MR) is 80.1 cm³/mol. The summed E-state index contributed by atoms with van der Waals surface area (Å²) in [6, 6.07) is 6.25. The van der Waals surface area contributed by atoms with Crippen LogP contribution in [-0.2, 0) is 25.5 Å². The van der Waals surface area contributed by atoms with Crippen molar-refractivity contribution in [3.63, 3.8) is 0 Å². The minimum Gasteiger partial charge on any atom is -0.467 e. The van der Waals surface area contributed by atoms with Crippen LogP contribution in [0.4, 0.5) is 4.39 Å². The summed E-state index contributed by atoms with van der Waals surface area (Å²) >= 11 is 0. The molecule has 1 aromatic rings. The number of carbonyl (C=O) groups is 2. The van der Waals surface area contributed by atoms with Gasteiger partial charge in [-0.3, -0.25) is 4.79 Å². The molecule has 0 radical (unpaired) electrons. The van der Waals surface area contributed by atoms with E-state index in [1.807, 2.05) is 0 Å². The van der Waals surface area contributed by atoms with Gasteiger partial charge in [0.15, 0.2) is 5.60 Å². The van der Waals surface area contributed by atoms with Gasteiger partial charge in [0, 0.05) is 25.5 Å². The maximum Gasteiger partial charge on any atom is 0.340 e. The van der Waals surface area contributed by atoms with Crippen molar-refractivity contribution in [2.24, 2.45) is 5.92 Å². The molecule has 0 N–H and O–H groups in total. The maximum atomic E-state index is 13.2. The third-order valence-corrected chi connectivity index (χ3v) is 4.75. The molecule has 1 amide bonds. The number of hydrogen-bond acceptors (Lipinski definition) is 4. The highest BCUT2D eigenvalue weighted by atomic mass is 19.1. The van der Waals surface area contributed by atoms with Gasteiger partial charge in [0.25, 0.3) is 0 Å². The number of benzene rings is 1. The van der Waals surface area contributed by atoms with Crippen LogP contribution in [0.15, 0.2) is 24.3 Å². The van der Waals surface area contributed by atoms with E-state index in [1.165, 1.54) is 19.2 Å². The maximum absolute atomic E-state index is 13.2. The average molecular weight is 321 g/mol. The molecule has 3 rings (SSSR count). The summed E-state index contributed by atoms with van der Waals surface area (Å²) in [7, 11) is 1.34. The van der Waals surface area contributed by atoms with Crippen molar-refractivity contribution in [1.82, 2.24) is 4.90 Å². The van der Waals surface area contributed by atoms with E-state index < -0.39 is 11.6 Å². The van der Waals surface area contributed by atoms with Crippen molar-refractivity contribution in [2.75, 3.05) is 26.8 Å². The molecule has 0 bridgehead atoms. The summed E-state index contributed by atoms with van der Waals surface area (Å²) in [5.41, 5.74) is -0.208. The van der Waals surface area contributed by atoms with Crippen molar-refractivity contribution in [2.45, 2.75) is 24.9 Å². The first-order valence-electron chi connectivity index (χ1n) is 7.80. The van der Waals surface area contributed by atoms with Crippen LogP contribution in [-0.4, -0.2) is 49.2 Å². The van der Waals surface area contributed by atoms with E-state index in [-0.39, 0.29) is 30.6 Å². The minimum absolute atomic E-state index is 0.00642. The van der Waals surface area contributed by atoms with Crippen LogP contribution in [0.2, 0.25) is 0 Å². The zero-order valence-electron chi connectivity index (χ0n) is 13.1. The van der Waals surface area contributed by atoms with E-state index in [9.17, 15) is 14.0 Å². The Hall–Kier alpha value is -1.95. The molecule has 124 valence electrons. The monoisotopic (exact) mass is 321 g/mol. The van der Waals surface area contributed by atoms with Crippen LogP contribution in [0.25, 0.3) is 0 Å². The molecule has 0 aromatic heterocycles. The Balaban J connectivity index is 1.62. The number of aryl methyl sites for hydroxylation is 1. The lowest BCUT2D eigenvalue weighted by atomic mass is 9.91. The van der Waals surface area contributed by atoms with Crippen LogP contribution >= 0.6 is 0 Å². The summed E-state index contributed by atoms with van der Waals surface area (Å²) in [5.74, 6) is -0.757. The van der Waals surface area contributed by atoms with E-state index in [2.05, 4.69) is 0 Å². The van der Waals surface area contributed by atoms with Crippen LogP contribution in [0.1, 0.15) is 18.4 Å². The van der Waals surface area contributed by atoms with Gasteiger partial charge in [-0.1, -0.05) is 12.1 Å². The summed E-state index contributed by atoms with van der Waals surface area (Å²) in [5, 5.41) is 0. The lowest BCUT2D eigenvalue weighted by molar-refractivity contribution is -0.165. The Bertz CT molecular complexity index is 620. The molecule has 2 aliphatic rings. The smallest absolute Gasteiger partial charge is 0.340 e. The molecule has 2 aliphatic heterocycles. The number of rotatable bonds is 4. The van der Waals surface area contributed by atoms with Crippen LogP contribution < -0.4 is 0 Å². The number of likely N-dealkylation sites (tertiary alicyclic amines) is 1. The van der Waals surface area contributed by atoms with Crippen LogP contribution in [0.3, 0.4) is 0 Å². The molecule has 23 heavy (non-hydrogen) atoms. The highest BCUT2D eigenvalue weighted by Crippen LogP contribution is 2.40. The molecule has 6 heteroatoms. The van der Waals surface area contributed by atoms with Crippen molar-refractivity contribution in [1.29, 1.82) is 0 Å². The van der Waals surface area contributed by atoms with E-state index in [0.29, 0.717) is 19.6 Å². The summed E-state index contributed by atoms with van der Waals surface area (Å²) in [6.07, 6.45) is 1.51. The number of esters is 1. The second-order valence-electron chi connectivity index (χ2n) is 6.12. The first-order chi connectivity index (χ1) is 11.0. The van der Waals surface area contributed by atoms with Gasteiger partial charge in [-0.2, -0.15) is 0 Å².